The molecule has 1 rings (SSSR count). The van der Waals surface area contributed by atoms with Crippen molar-refractivity contribution in [1.82, 2.24) is 9.97 Å². The molecule has 0 spiro atoms. The second kappa shape index (κ2) is 3.22. The molecule has 0 bridgehead atoms. The van der Waals surface area contributed by atoms with Crippen LogP contribution in [0.25, 0.3) is 6.08 Å². The average Bonchev–Trinajstić information content (AvgIpc) is 2.34. The highest BCUT2D eigenvalue weighted by Gasteiger charge is 1.86. The van der Waals surface area contributed by atoms with E-state index in [1.54, 1.807) is 18.6 Å². The zero-order valence-electron chi connectivity index (χ0n) is 5.11. The maximum absolute atomic E-state index is 10.3. The predicted octanol–water partition coefficient (Wildman–Crippen LogP) is 0.879. The zero-order valence-corrected chi connectivity index (χ0v) is 6.01. The fourth-order valence-electron chi connectivity index (χ4n) is 0.520. The number of hydrogen-bond donors (Lipinski definition) is 2. The van der Waals surface area contributed by atoms with Crippen LogP contribution in [0, 0.1) is 0 Å². The lowest BCUT2D eigenvalue weighted by molar-refractivity contribution is -0.106. The van der Waals surface area contributed by atoms with E-state index in [-0.39, 0.29) is 5.12 Å². The Balaban J connectivity index is 2.64. The van der Waals surface area contributed by atoms with Crippen LogP contribution >= 0.6 is 12.6 Å². The monoisotopic (exact) mass is 154 g/mol. The van der Waals surface area contributed by atoms with E-state index in [1.807, 2.05) is 0 Å². The molecule has 0 saturated carbocycles. The van der Waals surface area contributed by atoms with Gasteiger partial charge in [-0.25, -0.2) is 4.98 Å². The summed E-state index contributed by atoms with van der Waals surface area (Å²) < 4.78 is 0. The third-order valence-electron chi connectivity index (χ3n) is 0.916. The molecule has 0 atom stereocenters. The molecular formula is C6H6N2OS. The molecule has 1 aromatic heterocycles. The molecule has 0 radical (unpaired) electrons. The molecule has 0 unspecified atom stereocenters. The lowest BCUT2D eigenvalue weighted by atomic mass is 10.4. The molecule has 52 valence electrons. The van der Waals surface area contributed by atoms with Crippen LogP contribution in [0.1, 0.15) is 5.69 Å². The van der Waals surface area contributed by atoms with Gasteiger partial charge in [0.25, 0.3) is 0 Å². The van der Waals surface area contributed by atoms with Crippen molar-refractivity contribution in [1.29, 1.82) is 0 Å². The number of imidazole rings is 1. The summed E-state index contributed by atoms with van der Waals surface area (Å²) in [7, 11) is 0. The van der Waals surface area contributed by atoms with Crippen molar-refractivity contribution in [3.63, 3.8) is 0 Å². The Morgan fingerprint density at radius 1 is 1.80 bits per heavy atom. The second-order valence-corrected chi connectivity index (χ2v) is 2.11. The fourth-order valence-corrected chi connectivity index (χ4v) is 0.594. The maximum atomic E-state index is 10.3. The quantitative estimate of drug-likeness (QED) is 0.490. The topological polar surface area (TPSA) is 45.8 Å². The summed E-state index contributed by atoms with van der Waals surface area (Å²) in [6.45, 7) is 0. The third kappa shape index (κ3) is 2.06. The number of hydrogen-bond acceptors (Lipinski definition) is 2. The van der Waals surface area contributed by atoms with Gasteiger partial charge in [0, 0.05) is 6.20 Å². The van der Waals surface area contributed by atoms with E-state index in [4.69, 9.17) is 0 Å². The van der Waals surface area contributed by atoms with E-state index < -0.39 is 0 Å². The number of aromatic nitrogens is 2. The molecule has 0 saturated heterocycles. The van der Waals surface area contributed by atoms with Crippen LogP contribution in [0.2, 0.25) is 0 Å². The predicted molar refractivity (Wildman–Crippen MR) is 41.6 cm³/mol. The minimum absolute atomic E-state index is 0.275. The fraction of sp³-hybridized carbons (Fsp3) is 0. The smallest absolute Gasteiger partial charge is 0.209 e. The van der Waals surface area contributed by atoms with Gasteiger partial charge in [0.05, 0.1) is 12.0 Å². The van der Waals surface area contributed by atoms with Crippen LogP contribution in [-0.2, 0) is 4.79 Å². The molecule has 0 fully saturated rings. The average molecular weight is 154 g/mol. The van der Waals surface area contributed by atoms with Crippen LogP contribution in [0.15, 0.2) is 18.6 Å². The molecule has 0 aromatic carbocycles. The largest absolute Gasteiger partial charge is 0.351 e. The van der Waals surface area contributed by atoms with Gasteiger partial charge in [0.1, 0.15) is 0 Å². The Kier molecular flexibility index (Phi) is 2.28. The SMILES string of the molecule is O=C(S)/C=C/c1c[nH]cn1. The van der Waals surface area contributed by atoms with Gasteiger partial charge < -0.3 is 4.98 Å². The van der Waals surface area contributed by atoms with E-state index in [9.17, 15) is 4.79 Å². The van der Waals surface area contributed by atoms with Crippen molar-refractivity contribution in [2.24, 2.45) is 0 Å². The van der Waals surface area contributed by atoms with Gasteiger partial charge in [-0.1, -0.05) is 0 Å². The number of carbonyl (C=O) groups excluding carboxylic acids is 1. The summed E-state index contributed by atoms with van der Waals surface area (Å²) in [5.74, 6) is 0. The van der Waals surface area contributed by atoms with Crippen molar-refractivity contribution in [2.75, 3.05) is 0 Å². The number of thiol groups is 1. The maximum Gasteiger partial charge on any atom is 0.209 e. The Morgan fingerprint density at radius 2 is 2.60 bits per heavy atom. The normalized spacial score (nSPS) is 10.5. The summed E-state index contributed by atoms with van der Waals surface area (Å²) in [6.07, 6.45) is 6.17. The van der Waals surface area contributed by atoms with E-state index in [2.05, 4.69) is 22.6 Å². The van der Waals surface area contributed by atoms with Crippen molar-refractivity contribution in [3.05, 3.63) is 24.3 Å². The van der Waals surface area contributed by atoms with Crippen LogP contribution < -0.4 is 0 Å². The summed E-state index contributed by atoms with van der Waals surface area (Å²) in [5, 5.41) is -0.275. The van der Waals surface area contributed by atoms with Crippen molar-refractivity contribution >= 4 is 23.8 Å². The highest BCUT2D eigenvalue weighted by atomic mass is 32.1. The van der Waals surface area contributed by atoms with Crippen LogP contribution in [0.5, 0.6) is 0 Å². The standard InChI is InChI=1S/C6H6N2OS/c9-6(10)2-1-5-3-7-4-8-5/h1-4H,(H,7,8)(H,9,10)/b2-1+. The Morgan fingerprint density at radius 3 is 3.10 bits per heavy atom. The highest BCUT2D eigenvalue weighted by Crippen LogP contribution is 1.94. The zero-order chi connectivity index (χ0) is 7.40. The molecule has 1 N–H and O–H groups in total. The number of carbonyl (C=O) groups is 1. The minimum atomic E-state index is -0.275. The van der Waals surface area contributed by atoms with Gasteiger partial charge in [-0.15, -0.1) is 12.6 Å². The van der Waals surface area contributed by atoms with Crippen LogP contribution in [-0.4, -0.2) is 15.1 Å². The first kappa shape index (κ1) is 7.08. The highest BCUT2D eigenvalue weighted by molar-refractivity contribution is 7.97. The molecule has 0 amide bonds. The molecule has 1 heterocycles. The van der Waals surface area contributed by atoms with Gasteiger partial charge in [-0.2, -0.15) is 0 Å². The molecule has 0 aliphatic carbocycles. The number of nitrogens with one attached hydrogen (secondary N) is 1. The number of aromatic amines is 1. The Bertz CT molecular complexity index is 240. The van der Waals surface area contributed by atoms with Crippen molar-refractivity contribution in [3.8, 4) is 0 Å². The summed E-state index contributed by atoms with van der Waals surface area (Å²) in [5.41, 5.74) is 0.724. The van der Waals surface area contributed by atoms with Gasteiger partial charge in [0.15, 0.2) is 0 Å². The van der Waals surface area contributed by atoms with E-state index in [0.29, 0.717) is 0 Å². The molecule has 4 heteroatoms. The summed E-state index contributed by atoms with van der Waals surface area (Å²) >= 11 is 3.55. The molecule has 0 aliphatic rings. The molecule has 0 aliphatic heterocycles. The second-order valence-electron chi connectivity index (χ2n) is 1.67. The van der Waals surface area contributed by atoms with Crippen LogP contribution in [0.3, 0.4) is 0 Å². The van der Waals surface area contributed by atoms with E-state index in [0.717, 1.165) is 5.69 Å². The molecular weight excluding hydrogens is 148 g/mol. The van der Waals surface area contributed by atoms with Gasteiger partial charge in [0.2, 0.25) is 5.12 Å². The molecule has 3 nitrogen and oxygen atoms in total. The first-order valence-corrected chi connectivity index (χ1v) is 3.13. The number of H-pyrrole nitrogens is 1. The first-order chi connectivity index (χ1) is 4.79. The molecule has 10 heavy (non-hydrogen) atoms. The van der Waals surface area contributed by atoms with E-state index >= 15 is 0 Å². The van der Waals surface area contributed by atoms with Gasteiger partial charge >= 0.3 is 0 Å². The first-order valence-electron chi connectivity index (χ1n) is 2.69. The summed E-state index contributed by atoms with van der Waals surface area (Å²) in [6, 6.07) is 0. The van der Waals surface area contributed by atoms with E-state index in [1.165, 1.54) is 6.08 Å². The number of rotatable bonds is 2. The van der Waals surface area contributed by atoms with Crippen LogP contribution in [0.4, 0.5) is 0 Å². The lowest BCUT2D eigenvalue weighted by Crippen LogP contribution is -1.75. The molecule has 1 aromatic rings. The Hall–Kier alpha value is -1.03. The van der Waals surface area contributed by atoms with Gasteiger partial charge in [-0.05, 0) is 12.2 Å². The summed E-state index contributed by atoms with van der Waals surface area (Å²) in [4.78, 5) is 16.9. The minimum Gasteiger partial charge on any atom is -0.351 e. The van der Waals surface area contributed by atoms with Crippen molar-refractivity contribution < 1.29 is 4.79 Å². The van der Waals surface area contributed by atoms with Crippen molar-refractivity contribution in [2.45, 2.75) is 0 Å². The lowest BCUT2D eigenvalue weighted by Gasteiger charge is -1.77. The Labute approximate surface area is 63.6 Å². The number of nitrogens with zero attached hydrogens (tertiary/aromatic N) is 1. The van der Waals surface area contributed by atoms with Gasteiger partial charge in [-0.3, -0.25) is 4.79 Å². The third-order valence-corrected chi connectivity index (χ3v) is 1.07.